The number of hydrogen-bond acceptors (Lipinski definition) is 4. The number of hydrogen-bond donors (Lipinski definition) is 1. The summed E-state index contributed by atoms with van der Waals surface area (Å²) in [6, 6.07) is 2.48. The molecule has 15 heavy (non-hydrogen) atoms. The lowest BCUT2D eigenvalue weighted by Crippen LogP contribution is -2.13. The Labute approximate surface area is 96.3 Å². The summed E-state index contributed by atoms with van der Waals surface area (Å²) < 4.78 is 0. The Morgan fingerprint density at radius 2 is 1.93 bits per heavy atom. The van der Waals surface area contributed by atoms with Crippen molar-refractivity contribution < 1.29 is 9.90 Å². The van der Waals surface area contributed by atoms with Gasteiger partial charge in [-0.25, -0.2) is 9.98 Å². The fourth-order valence-electron chi connectivity index (χ4n) is 0.768. The Morgan fingerprint density at radius 3 is 2.47 bits per heavy atom. The third-order valence-corrected chi connectivity index (χ3v) is 1.45. The zero-order valence-electron chi connectivity index (χ0n) is 9.14. The predicted molar refractivity (Wildman–Crippen MR) is 62.3 cm³/mol. The number of carboxylic acids is 1. The monoisotopic (exact) mass is 235 g/mol. The maximum absolute atomic E-state index is 10.1. The van der Waals surface area contributed by atoms with Gasteiger partial charge in [0.2, 0.25) is 0 Å². The maximum atomic E-state index is 10.1. The minimum Gasteiger partial charge on any atom is -0.481 e. The van der Waals surface area contributed by atoms with Gasteiger partial charge in [-0.3, -0.25) is 4.79 Å². The van der Waals surface area contributed by atoms with Gasteiger partial charge in [-0.1, -0.05) is 0 Å². The lowest BCUT2D eigenvalue weighted by atomic mass is 10.4. The van der Waals surface area contributed by atoms with E-state index in [1.165, 1.54) is 0 Å². The average Bonchev–Trinajstić information content (AvgIpc) is 2.08. The zero-order valence-corrected chi connectivity index (χ0v) is 9.96. The van der Waals surface area contributed by atoms with E-state index in [1.807, 2.05) is 14.1 Å². The predicted octanol–water partition coefficient (Wildman–Crippen LogP) is 1.01. The van der Waals surface area contributed by atoms with E-state index >= 15 is 0 Å². The first-order valence-electron chi connectivity index (χ1n) is 4.57. The topological polar surface area (TPSA) is 65.3 Å². The van der Waals surface area contributed by atoms with Gasteiger partial charge in [0.1, 0.15) is 0 Å². The molecular formula is C9H18ClN3O2. The zero-order chi connectivity index (χ0) is 10.8. The van der Waals surface area contributed by atoms with Gasteiger partial charge in [-0.05, 0) is 27.1 Å². The molecule has 0 unspecified atom stereocenters. The van der Waals surface area contributed by atoms with Crippen LogP contribution in [0.5, 0.6) is 0 Å². The van der Waals surface area contributed by atoms with Gasteiger partial charge in [0.15, 0.2) is 0 Å². The smallest absolute Gasteiger partial charge is 0.305 e. The third-order valence-electron chi connectivity index (χ3n) is 1.45. The Hall–Kier alpha value is -0.900. The quantitative estimate of drug-likeness (QED) is 0.529. The molecule has 0 fully saturated rings. The van der Waals surface area contributed by atoms with Crippen LogP contribution in [0.3, 0.4) is 0 Å². The van der Waals surface area contributed by atoms with Crippen molar-refractivity contribution in [3.05, 3.63) is 0 Å². The second kappa shape index (κ2) is 11.2. The Bertz CT molecular complexity index is 225. The third kappa shape index (κ3) is 15.8. The molecule has 0 aromatic carbocycles. The minimum atomic E-state index is -0.844. The van der Waals surface area contributed by atoms with Crippen LogP contribution in [-0.2, 0) is 4.79 Å². The lowest BCUT2D eigenvalue weighted by molar-refractivity contribution is -0.136. The molecule has 0 saturated carbocycles. The Morgan fingerprint density at radius 1 is 1.33 bits per heavy atom. The van der Waals surface area contributed by atoms with Crippen LogP contribution in [0.25, 0.3) is 0 Å². The molecule has 0 spiro atoms. The molecule has 0 aromatic heterocycles. The van der Waals surface area contributed by atoms with Crippen LogP contribution in [-0.4, -0.2) is 55.7 Å². The molecule has 0 radical (unpaired) electrons. The van der Waals surface area contributed by atoms with Crippen molar-refractivity contribution in [3.63, 3.8) is 0 Å². The fraction of sp³-hybridized carbons (Fsp3) is 0.778. The van der Waals surface area contributed by atoms with Crippen LogP contribution < -0.4 is 0 Å². The van der Waals surface area contributed by atoms with Crippen molar-refractivity contribution in [2.24, 2.45) is 9.98 Å². The normalized spacial score (nSPS) is 9.00. The molecule has 0 aliphatic rings. The van der Waals surface area contributed by atoms with Crippen LogP contribution in [0.1, 0.15) is 12.8 Å². The SMILES string of the molecule is CN(C)CCCN=C=NCCC(=O)O.Cl. The van der Waals surface area contributed by atoms with Crippen molar-refractivity contribution in [2.45, 2.75) is 12.8 Å². The molecule has 1 N–H and O–H groups in total. The van der Waals surface area contributed by atoms with Crippen molar-refractivity contribution >= 4 is 24.4 Å². The van der Waals surface area contributed by atoms with Crippen LogP contribution in [0.15, 0.2) is 9.98 Å². The number of nitrogens with zero attached hydrogens (tertiary/aromatic N) is 3. The van der Waals surface area contributed by atoms with E-state index in [1.54, 1.807) is 0 Å². The molecule has 0 aromatic rings. The number of aliphatic carboxylic acids is 1. The largest absolute Gasteiger partial charge is 0.481 e. The molecule has 0 aliphatic heterocycles. The van der Waals surface area contributed by atoms with Gasteiger partial charge in [0, 0.05) is 0 Å². The number of halogens is 1. The van der Waals surface area contributed by atoms with E-state index in [-0.39, 0.29) is 25.4 Å². The summed E-state index contributed by atoms with van der Waals surface area (Å²) in [5, 5.41) is 8.29. The van der Waals surface area contributed by atoms with Gasteiger partial charge < -0.3 is 10.0 Å². The van der Waals surface area contributed by atoms with E-state index in [0.717, 1.165) is 13.0 Å². The molecule has 5 nitrogen and oxygen atoms in total. The summed E-state index contributed by atoms with van der Waals surface area (Å²) in [7, 11) is 4.01. The van der Waals surface area contributed by atoms with E-state index in [0.29, 0.717) is 6.54 Å². The first-order chi connectivity index (χ1) is 6.63. The lowest BCUT2D eigenvalue weighted by Gasteiger charge is -2.05. The summed E-state index contributed by atoms with van der Waals surface area (Å²) in [5.41, 5.74) is 0. The van der Waals surface area contributed by atoms with Crippen LogP contribution in [0, 0.1) is 0 Å². The molecule has 0 heterocycles. The van der Waals surface area contributed by atoms with Gasteiger partial charge in [-0.2, -0.15) is 0 Å². The van der Waals surface area contributed by atoms with Gasteiger partial charge in [-0.15, -0.1) is 12.4 Å². The van der Waals surface area contributed by atoms with Gasteiger partial charge in [0.05, 0.1) is 25.5 Å². The first-order valence-corrected chi connectivity index (χ1v) is 4.57. The summed E-state index contributed by atoms with van der Waals surface area (Å²) in [5.74, 6) is -0.844. The maximum Gasteiger partial charge on any atom is 0.305 e. The number of aliphatic imine (C=N–C) groups is 2. The van der Waals surface area contributed by atoms with E-state index in [9.17, 15) is 4.79 Å². The van der Waals surface area contributed by atoms with Gasteiger partial charge >= 0.3 is 5.97 Å². The minimum absolute atomic E-state index is 0. The van der Waals surface area contributed by atoms with E-state index < -0.39 is 5.97 Å². The highest BCUT2D eigenvalue weighted by molar-refractivity contribution is 5.85. The molecule has 0 aliphatic carbocycles. The summed E-state index contributed by atoms with van der Waals surface area (Å²) in [4.78, 5) is 19.8. The second-order valence-corrected chi connectivity index (χ2v) is 3.16. The summed E-state index contributed by atoms with van der Waals surface area (Å²) in [6.45, 7) is 1.93. The molecule has 0 atom stereocenters. The molecule has 6 heteroatoms. The number of carboxylic acid groups (broad SMARTS) is 1. The number of carbonyl (C=O) groups is 1. The van der Waals surface area contributed by atoms with Crippen LogP contribution in [0.2, 0.25) is 0 Å². The molecule has 0 amide bonds. The molecule has 0 rings (SSSR count). The molecule has 0 bridgehead atoms. The molecule has 0 saturated heterocycles. The molecule has 88 valence electrons. The summed E-state index contributed by atoms with van der Waals surface area (Å²) >= 11 is 0. The highest BCUT2D eigenvalue weighted by Gasteiger charge is 1.91. The standard InChI is InChI=1S/C9H17N3O2.ClH/c1-12(2)7-3-5-10-8-11-6-4-9(13)14;/h3-7H2,1-2H3,(H,13,14);1H. The molecular weight excluding hydrogens is 218 g/mol. The van der Waals surface area contributed by atoms with Crippen LogP contribution in [0.4, 0.5) is 0 Å². The summed E-state index contributed by atoms with van der Waals surface area (Å²) in [6.07, 6.45) is 1.01. The fourth-order valence-corrected chi connectivity index (χ4v) is 0.768. The van der Waals surface area contributed by atoms with E-state index in [4.69, 9.17) is 5.11 Å². The number of rotatable bonds is 7. The highest BCUT2D eigenvalue weighted by Crippen LogP contribution is 1.83. The average molecular weight is 236 g/mol. The van der Waals surface area contributed by atoms with Crippen molar-refractivity contribution in [2.75, 3.05) is 33.7 Å². The highest BCUT2D eigenvalue weighted by atomic mass is 35.5. The van der Waals surface area contributed by atoms with Crippen molar-refractivity contribution in [1.82, 2.24) is 4.90 Å². The Balaban J connectivity index is 0. The van der Waals surface area contributed by atoms with Crippen molar-refractivity contribution in [1.29, 1.82) is 0 Å². The van der Waals surface area contributed by atoms with Gasteiger partial charge in [0.25, 0.3) is 0 Å². The van der Waals surface area contributed by atoms with Crippen molar-refractivity contribution in [3.8, 4) is 0 Å². The first kappa shape index (κ1) is 16.5. The van der Waals surface area contributed by atoms with Crippen LogP contribution >= 0.6 is 12.4 Å². The Kier molecular flexibility index (Phi) is 12.3. The second-order valence-electron chi connectivity index (χ2n) is 3.16. The van der Waals surface area contributed by atoms with E-state index in [2.05, 4.69) is 20.9 Å².